The summed E-state index contributed by atoms with van der Waals surface area (Å²) in [7, 11) is -3.88. The van der Waals surface area contributed by atoms with Crippen molar-refractivity contribution in [1.82, 2.24) is 25.3 Å². The van der Waals surface area contributed by atoms with Gasteiger partial charge < -0.3 is 16.4 Å². The molecule has 1 saturated heterocycles. The molecular formula is C25H31N7O4S. The number of aryl methyl sites for hydroxylation is 1. The number of nitrogen functional groups attached to an aromatic ring is 1. The highest BCUT2D eigenvalue weighted by Crippen LogP contribution is 2.21. The van der Waals surface area contributed by atoms with Crippen molar-refractivity contribution in [3.05, 3.63) is 54.2 Å². The van der Waals surface area contributed by atoms with Gasteiger partial charge in [-0.25, -0.2) is 18.1 Å². The van der Waals surface area contributed by atoms with E-state index in [2.05, 4.69) is 25.3 Å². The number of hydrogen-bond acceptors (Lipinski definition) is 8. The second-order valence-electron chi connectivity index (χ2n) is 8.92. The van der Waals surface area contributed by atoms with Gasteiger partial charge in [-0.15, -0.1) is 0 Å². The number of hydrogen-bond donors (Lipinski definition) is 4. The Bertz CT molecular complexity index is 1370. The van der Waals surface area contributed by atoms with Crippen LogP contribution in [0.5, 0.6) is 0 Å². The van der Waals surface area contributed by atoms with Crippen LogP contribution in [0, 0.1) is 12.8 Å². The number of sulfonamides is 1. The van der Waals surface area contributed by atoms with Crippen molar-refractivity contribution in [1.29, 1.82) is 0 Å². The molecule has 4 rings (SSSR count). The molecule has 0 saturated carbocycles. The van der Waals surface area contributed by atoms with E-state index in [-0.39, 0.29) is 35.8 Å². The number of rotatable bonds is 9. The minimum Gasteiger partial charge on any atom is -0.368 e. The van der Waals surface area contributed by atoms with Gasteiger partial charge in [0.2, 0.25) is 27.8 Å². The molecule has 3 aromatic rings. The third-order valence-corrected chi connectivity index (χ3v) is 7.60. The third kappa shape index (κ3) is 6.79. The first-order valence-corrected chi connectivity index (χ1v) is 13.6. The van der Waals surface area contributed by atoms with Gasteiger partial charge in [-0.05, 0) is 55.8 Å². The molecule has 0 aliphatic carbocycles. The van der Waals surface area contributed by atoms with Crippen LogP contribution in [0.3, 0.4) is 0 Å². The van der Waals surface area contributed by atoms with Gasteiger partial charge in [-0.3, -0.25) is 14.5 Å². The fourth-order valence-corrected chi connectivity index (χ4v) is 5.30. The number of benzene rings is 2. The monoisotopic (exact) mass is 525 g/mol. The van der Waals surface area contributed by atoms with Crippen molar-refractivity contribution in [3.8, 4) is 0 Å². The molecule has 12 heteroatoms. The van der Waals surface area contributed by atoms with E-state index in [0.29, 0.717) is 24.4 Å². The average molecular weight is 526 g/mol. The van der Waals surface area contributed by atoms with E-state index in [9.17, 15) is 18.0 Å². The van der Waals surface area contributed by atoms with Gasteiger partial charge in [0.15, 0.2) is 0 Å². The molecule has 0 spiro atoms. The van der Waals surface area contributed by atoms with Crippen molar-refractivity contribution >= 4 is 44.4 Å². The molecule has 1 fully saturated rings. The zero-order valence-electron chi connectivity index (χ0n) is 20.6. The van der Waals surface area contributed by atoms with Crippen LogP contribution in [-0.2, 0) is 19.6 Å². The Morgan fingerprint density at radius 1 is 1.08 bits per heavy atom. The zero-order valence-corrected chi connectivity index (χ0v) is 21.4. The molecule has 1 aliphatic heterocycles. The summed E-state index contributed by atoms with van der Waals surface area (Å²) in [6, 6.07) is 13.9. The van der Waals surface area contributed by atoms with Crippen molar-refractivity contribution in [2.45, 2.75) is 24.7 Å². The number of nitrogens with two attached hydrogens (primary N) is 1. The highest BCUT2D eigenvalue weighted by atomic mass is 32.2. The van der Waals surface area contributed by atoms with Crippen LogP contribution >= 0.6 is 0 Å². The molecule has 0 bridgehead atoms. The summed E-state index contributed by atoms with van der Waals surface area (Å²) in [5.74, 6) is -0.338. The fourth-order valence-electron chi connectivity index (χ4n) is 4.29. The molecule has 2 amide bonds. The van der Waals surface area contributed by atoms with Crippen molar-refractivity contribution in [2.75, 3.05) is 43.4 Å². The largest absolute Gasteiger partial charge is 0.368 e. The standard InChI is InChI=1S/C25H31N7O4S/c1-17-14-22(31-25(26)30-17)32(24(34)19-8-10-27-11-9-19)13-12-28-23(33)16-29-37(35,36)21-7-6-18-4-2-3-5-20(18)15-21/h2-7,14-15,19,27,29H,8-13,16H2,1H3,(H,28,33)(H2,26,30,31). The molecule has 0 radical (unpaired) electrons. The summed E-state index contributed by atoms with van der Waals surface area (Å²) in [5, 5.41) is 7.62. The quantitative estimate of drug-likeness (QED) is 0.321. The van der Waals surface area contributed by atoms with E-state index in [1.54, 1.807) is 25.1 Å². The van der Waals surface area contributed by atoms with E-state index in [4.69, 9.17) is 5.73 Å². The number of fused-ring (bicyclic) bond motifs is 1. The Labute approximate surface area is 215 Å². The maximum atomic E-state index is 13.3. The van der Waals surface area contributed by atoms with Crippen LogP contribution in [0.15, 0.2) is 53.4 Å². The number of aromatic nitrogens is 2. The number of carbonyl (C=O) groups is 2. The maximum absolute atomic E-state index is 13.3. The Hall–Kier alpha value is -3.61. The second kappa shape index (κ2) is 11.6. The number of carbonyl (C=O) groups excluding carboxylic acids is 2. The first-order valence-electron chi connectivity index (χ1n) is 12.1. The lowest BCUT2D eigenvalue weighted by atomic mass is 9.96. The van der Waals surface area contributed by atoms with Gasteiger partial charge in [-0.1, -0.05) is 30.3 Å². The molecule has 0 unspecified atom stereocenters. The topological polar surface area (TPSA) is 159 Å². The van der Waals surface area contributed by atoms with Gasteiger partial charge in [0, 0.05) is 30.8 Å². The summed E-state index contributed by atoms with van der Waals surface area (Å²) < 4.78 is 27.7. The van der Waals surface area contributed by atoms with Crippen LogP contribution in [0.4, 0.5) is 11.8 Å². The molecule has 37 heavy (non-hydrogen) atoms. The molecule has 0 atom stereocenters. The zero-order chi connectivity index (χ0) is 26.4. The normalized spacial score (nSPS) is 14.4. The van der Waals surface area contributed by atoms with Crippen LogP contribution in [0.1, 0.15) is 18.5 Å². The molecule has 2 aromatic carbocycles. The van der Waals surface area contributed by atoms with Crippen molar-refractivity contribution < 1.29 is 18.0 Å². The molecule has 1 aliphatic rings. The summed E-state index contributed by atoms with van der Waals surface area (Å²) in [4.78, 5) is 35.6. The van der Waals surface area contributed by atoms with Crippen LogP contribution in [-0.4, -0.2) is 62.9 Å². The Morgan fingerprint density at radius 2 is 1.81 bits per heavy atom. The van der Waals surface area contributed by atoms with E-state index in [0.717, 1.165) is 23.9 Å². The van der Waals surface area contributed by atoms with Gasteiger partial charge in [-0.2, -0.15) is 4.98 Å². The minimum atomic E-state index is -3.88. The number of nitrogens with one attached hydrogen (secondary N) is 3. The van der Waals surface area contributed by atoms with Crippen LogP contribution in [0.2, 0.25) is 0 Å². The average Bonchev–Trinajstić information content (AvgIpc) is 2.89. The van der Waals surface area contributed by atoms with Crippen molar-refractivity contribution in [3.63, 3.8) is 0 Å². The number of anilines is 2. The number of amides is 2. The van der Waals surface area contributed by atoms with E-state index < -0.39 is 22.5 Å². The summed E-state index contributed by atoms with van der Waals surface area (Å²) in [6.45, 7) is 3.10. The third-order valence-electron chi connectivity index (χ3n) is 6.20. The molecule has 11 nitrogen and oxygen atoms in total. The maximum Gasteiger partial charge on any atom is 0.241 e. The molecule has 2 heterocycles. The number of piperidine rings is 1. The predicted octanol–water partition coefficient (Wildman–Crippen LogP) is 0.948. The molecule has 1 aromatic heterocycles. The summed E-state index contributed by atoms with van der Waals surface area (Å²) in [6.07, 6.45) is 1.41. The Morgan fingerprint density at radius 3 is 2.54 bits per heavy atom. The second-order valence-corrected chi connectivity index (χ2v) is 10.7. The molecule has 5 N–H and O–H groups in total. The minimum absolute atomic E-state index is 0.0604. The lowest BCUT2D eigenvalue weighted by molar-refractivity contribution is -0.123. The summed E-state index contributed by atoms with van der Waals surface area (Å²) in [5.41, 5.74) is 6.43. The predicted molar refractivity (Wildman–Crippen MR) is 141 cm³/mol. The highest BCUT2D eigenvalue weighted by Gasteiger charge is 2.28. The first-order chi connectivity index (χ1) is 17.7. The lowest BCUT2D eigenvalue weighted by Gasteiger charge is -2.29. The molecular weight excluding hydrogens is 494 g/mol. The SMILES string of the molecule is Cc1cc(N(CCNC(=O)CNS(=O)(=O)c2ccc3ccccc3c2)C(=O)C2CCNCC2)nc(N)n1. The fraction of sp³-hybridized carbons (Fsp3) is 0.360. The van der Waals surface area contributed by atoms with E-state index >= 15 is 0 Å². The summed E-state index contributed by atoms with van der Waals surface area (Å²) >= 11 is 0. The molecule has 196 valence electrons. The van der Waals surface area contributed by atoms with E-state index in [1.165, 1.54) is 11.0 Å². The smallest absolute Gasteiger partial charge is 0.241 e. The van der Waals surface area contributed by atoms with Crippen molar-refractivity contribution in [2.24, 2.45) is 5.92 Å². The van der Waals surface area contributed by atoms with Gasteiger partial charge in [0.25, 0.3) is 0 Å². The van der Waals surface area contributed by atoms with E-state index in [1.807, 2.05) is 24.3 Å². The van der Waals surface area contributed by atoms with Gasteiger partial charge >= 0.3 is 0 Å². The number of nitrogens with zero attached hydrogens (tertiary/aromatic N) is 3. The first kappa shape index (κ1) is 26.5. The van der Waals surface area contributed by atoms with Gasteiger partial charge in [0.1, 0.15) is 5.82 Å². The van der Waals surface area contributed by atoms with Gasteiger partial charge in [0.05, 0.1) is 11.4 Å². The lowest BCUT2D eigenvalue weighted by Crippen LogP contribution is -2.46. The van der Waals surface area contributed by atoms with Crippen LogP contribution < -0.4 is 26.0 Å². The Balaban J connectivity index is 1.36. The Kier molecular flexibility index (Phi) is 8.31. The van der Waals surface area contributed by atoms with Crippen LogP contribution in [0.25, 0.3) is 10.8 Å². The highest BCUT2D eigenvalue weighted by molar-refractivity contribution is 7.89.